The standard InChI is InChI=1S/C23H24N4O2S/c1-16(2)27-22-19(14-24-27)18(13-20(25-22)21-9-6-12-30-21)23(29)26(10-11-28)15-17-7-4-3-5-8-17/h3-9,12-14,16,28H,10-11,15H2,1-2H3. The molecule has 154 valence electrons. The molecule has 0 atom stereocenters. The van der Waals surface area contributed by atoms with Gasteiger partial charge in [-0.25, -0.2) is 9.67 Å². The molecule has 0 radical (unpaired) electrons. The van der Waals surface area contributed by atoms with E-state index in [1.165, 1.54) is 0 Å². The highest BCUT2D eigenvalue weighted by Gasteiger charge is 2.23. The number of benzene rings is 1. The fourth-order valence-electron chi connectivity index (χ4n) is 3.47. The van der Waals surface area contributed by atoms with Gasteiger partial charge in [-0.1, -0.05) is 36.4 Å². The third kappa shape index (κ3) is 3.99. The Kier molecular flexibility index (Phi) is 5.92. The Labute approximate surface area is 179 Å². The van der Waals surface area contributed by atoms with Gasteiger partial charge in [0, 0.05) is 19.1 Å². The predicted octanol–water partition coefficient (Wildman–Crippen LogP) is 4.38. The van der Waals surface area contributed by atoms with Gasteiger partial charge in [0.15, 0.2) is 5.65 Å². The van der Waals surface area contributed by atoms with Crippen molar-refractivity contribution in [2.75, 3.05) is 13.2 Å². The zero-order valence-electron chi connectivity index (χ0n) is 17.0. The molecule has 1 aromatic carbocycles. The Morgan fingerprint density at radius 1 is 1.20 bits per heavy atom. The number of carbonyl (C=O) groups is 1. The van der Waals surface area contributed by atoms with E-state index in [0.717, 1.165) is 21.5 Å². The Bertz CT molecular complexity index is 1140. The van der Waals surface area contributed by atoms with Gasteiger partial charge >= 0.3 is 0 Å². The summed E-state index contributed by atoms with van der Waals surface area (Å²) >= 11 is 1.59. The van der Waals surface area contributed by atoms with Crippen molar-refractivity contribution in [1.82, 2.24) is 19.7 Å². The maximum atomic E-state index is 13.6. The number of aromatic nitrogens is 3. The summed E-state index contributed by atoms with van der Waals surface area (Å²) in [6.45, 7) is 4.67. The normalized spacial score (nSPS) is 11.3. The highest BCUT2D eigenvalue weighted by molar-refractivity contribution is 7.13. The number of rotatable bonds is 7. The van der Waals surface area contributed by atoms with Gasteiger partial charge in [0.1, 0.15) is 0 Å². The molecule has 4 rings (SSSR count). The number of thiophene rings is 1. The molecule has 1 amide bonds. The van der Waals surface area contributed by atoms with E-state index in [1.54, 1.807) is 22.4 Å². The van der Waals surface area contributed by atoms with E-state index in [-0.39, 0.29) is 25.1 Å². The van der Waals surface area contributed by atoms with Gasteiger partial charge in [-0.05, 0) is 36.9 Å². The van der Waals surface area contributed by atoms with Crippen molar-refractivity contribution < 1.29 is 9.90 Å². The zero-order valence-corrected chi connectivity index (χ0v) is 17.8. The maximum Gasteiger partial charge on any atom is 0.255 e. The van der Waals surface area contributed by atoms with Crippen molar-refractivity contribution in [3.05, 3.63) is 71.2 Å². The van der Waals surface area contributed by atoms with Gasteiger partial charge in [0.25, 0.3) is 5.91 Å². The summed E-state index contributed by atoms with van der Waals surface area (Å²) in [7, 11) is 0. The lowest BCUT2D eigenvalue weighted by Crippen LogP contribution is -2.33. The monoisotopic (exact) mass is 420 g/mol. The molecular weight excluding hydrogens is 396 g/mol. The Morgan fingerprint density at radius 2 is 2.00 bits per heavy atom. The minimum Gasteiger partial charge on any atom is -0.395 e. The first-order valence-electron chi connectivity index (χ1n) is 9.94. The number of hydrogen-bond acceptors (Lipinski definition) is 5. The number of hydrogen-bond donors (Lipinski definition) is 1. The van der Waals surface area contributed by atoms with Gasteiger partial charge in [0.05, 0.1) is 34.3 Å². The fraction of sp³-hybridized carbons (Fsp3) is 0.261. The molecule has 0 aliphatic heterocycles. The first-order chi connectivity index (χ1) is 14.6. The number of nitrogens with zero attached hydrogens (tertiary/aromatic N) is 4. The fourth-order valence-corrected chi connectivity index (χ4v) is 4.16. The molecule has 0 saturated heterocycles. The van der Waals surface area contributed by atoms with E-state index in [9.17, 15) is 9.90 Å². The number of pyridine rings is 1. The average Bonchev–Trinajstić information content (AvgIpc) is 3.43. The second-order valence-corrected chi connectivity index (χ2v) is 8.34. The van der Waals surface area contributed by atoms with Crippen LogP contribution in [0.3, 0.4) is 0 Å². The largest absolute Gasteiger partial charge is 0.395 e. The third-order valence-corrected chi connectivity index (χ3v) is 5.83. The molecule has 1 N–H and O–H groups in total. The quantitative estimate of drug-likeness (QED) is 0.482. The molecule has 0 spiro atoms. The minimum atomic E-state index is -0.138. The first kappa shape index (κ1) is 20.3. The molecule has 0 aliphatic carbocycles. The number of aliphatic hydroxyl groups excluding tert-OH is 1. The summed E-state index contributed by atoms with van der Waals surface area (Å²) in [4.78, 5) is 21.1. The molecule has 0 bridgehead atoms. The molecule has 0 saturated carbocycles. The molecule has 6 nitrogen and oxygen atoms in total. The summed E-state index contributed by atoms with van der Waals surface area (Å²) in [6, 6.07) is 15.7. The lowest BCUT2D eigenvalue weighted by Gasteiger charge is -2.22. The van der Waals surface area contributed by atoms with Crippen LogP contribution in [0.2, 0.25) is 0 Å². The van der Waals surface area contributed by atoms with Crippen molar-refractivity contribution >= 4 is 28.3 Å². The van der Waals surface area contributed by atoms with E-state index in [0.29, 0.717) is 17.8 Å². The summed E-state index contributed by atoms with van der Waals surface area (Å²) in [5, 5.41) is 16.8. The summed E-state index contributed by atoms with van der Waals surface area (Å²) < 4.78 is 1.84. The summed E-state index contributed by atoms with van der Waals surface area (Å²) in [5.41, 5.74) is 3.02. The van der Waals surface area contributed by atoms with Crippen LogP contribution in [0.1, 0.15) is 35.8 Å². The summed E-state index contributed by atoms with van der Waals surface area (Å²) in [5.74, 6) is -0.138. The topological polar surface area (TPSA) is 71.2 Å². The van der Waals surface area contributed by atoms with Crippen molar-refractivity contribution in [3.63, 3.8) is 0 Å². The number of aliphatic hydroxyl groups is 1. The Balaban J connectivity index is 1.82. The Morgan fingerprint density at radius 3 is 2.67 bits per heavy atom. The average molecular weight is 421 g/mol. The van der Waals surface area contributed by atoms with Crippen LogP contribution in [0, 0.1) is 0 Å². The van der Waals surface area contributed by atoms with Gasteiger partial charge in [-0.2, -0.15) is 5.10 Å². The second-order valence-electron chi connectivity index (χ2n) is 7.39. The smallest absolute Gasteiger partial charge is 0.255 e. The van der Waals surface area contributed by atoms with Gasteiger partial charge in [-0.3, -0.25) is 4.79 Å². The summed E-state index contributed by atoms with van der Waals surface area (Å²) in [6.07, 6.45) is 1.72. The van der Waals surface area contributed by atoms with Crippen LogP contribution >= 0.6 is 11.3 Å². The lowest BCUT2D eigenvalue weighted by atomic mass is 10.1. The highest BCUT2D eigenvalue weighted by Crippen LogP contribution is 2.29. The first-order valence-corrected chi connectivity index (χ1v) is 10.8. The maximum absolute atomic E-state index is 13.6. The van der Waals surface area contributed by atoms with E-state index in [4.69, 9.17) is 4.98 Å². The number of carbonyl (C=O) groups excluding carboxylic acids is 1. The minimum absolute atomic E-state index is 0.101. The number of amides is 1. The van der Waals surface area contributed by atoms with Crippen LogP contribution in [0.4, 0.5) is 0 Å². The predicted molar refractivity (Wildman–Crippen MR) is 119 cm³/mol. The molecule has 7 heteroatoms. The van der Waals surface area contributed by atoms with Crippen molar-refractivity contribution in [2.45, 2.75) is 26.4 Å². The molecule has 30 heavy (non-hydrogen) atoms. The van der Waals surface area contributed by atoms with Crippen molar-refractivity contribution in [2.24, 2.45) is 0 Å². The van der Waals surface area contributed by atoms with Gasteiger partial charge < -0.3 is 10.0 Å². The van der Waals surface area contributed by atoms with Gasteiger partial charge in [0.2, 0.25) is 0 Å². The zero-order chi connectivity index (χ0) is 21.1. The molecular formula is C23H24N4O2S. The van der Waals surface area contributed by atoms with Crippen LogP contribution in [-0.2, 0) is 6.54 Å². The van der Waals surface area contributed by atoms with E-state index >= 15 is 0 Å². The van der Waals surface area contributed by atoms with E-state index < -0.39 is 0 Å². The molecule has 3 aromatic heterocycles. The van der Waals surface area contributed by atoms with E-state index in [1.807, 2.05) is 72.4 Å². The molecule has 3 heterocycles. The van der Waals surface area contributed by atoms with Crippen LogP contribution in [-0.4, -0.2) is 43.8 Å². The highest BCUT2D eigenvalue weighted by atomic mass is 32.1. The molecule has 4 aromatic rings. The van der Waals surface area contributed by atoms with Crippen LogP contribution in [0.15, 0.2) is 60.1 Å². The third-order valence-electron chi connectivity index (χ3n) is 4.93. The van der Waals surface area contributed by atoms with Crippen molar-refractivity contribution in [1.29, 1.82) is 0 Å². The Hall–Kier alpha value is -3.03. The molecule has 0 fully saturated rings. The van der Waals surface area contributed by atoms with Crippen LogP contribution in [0.5, 0.6) is 0 Å². The second kappa shape index (κ2) is 8.77. The SMILES string of the molecule is CC(C)n1ncc2c(C(=O)N(CCO)Cc3ccccc3)cc(-c3cccs3)nc21. The van der Waals surface area contributed by atoms with E-state index in [2.05, 4.69) is 5.10 Å². The van der Waals surface area contributed by atoms with Crippen LogP contribution in [0.25, 0.3) is 21.6 Å². The molecule has 0 aliphatic rings. The lowest BCUT2D eigenvalue weighted by molar-refractivity contribution is 0.0710. The van der Waals surface area contributed by atoms with Crippen molar-refractivity contribution in [3.8, 4) is 10.6 Å². The number of fused-ring (bicyclic) bond motifs is 1. The van der Waals surface area contributed by atoms with Gasteiger partial charge in [-0.15, -0.1) is 11.3 Å². The van der Waals surface area contributed by atoms with Crippen LogP contribution < -0.4 is 0 Å². The molecule has 0 unspecified atom stereocenters.